The molecule has 6 atom stereocenters. The number of phosphoric acid groups is 1. The van der Waals surface area contributed by atoms with Crippen molar-refractivity contribution in [3.63, 3.8) is 0 Å². The van der Waals surface area contributed by atoms with Gasteiger partial charge in [0.15, 0.2) is 12.2 Å². The number of aliphatic hydroxyl groups is 1. The zero-order chi connectivity index (χ0) is 44.2. The lowest BCUT2D eigenvalue weighted by Crippen LogP contribution is -2.37. The number of rotatable bonds is 21. The third-order valence-electron chi connectivity index (χ3n) is 8.47. The molecule has 1 heterocycles. The summed E-state index contributed by atoms with van der Waals surface area (Å²) in [6.45, 7) is 0.555. The van der Waals surface area contributed by atoms with E-state index in [4.69, 9.17) is 47.6 Å². The van der Waals surface area contributed by atoms with Gasteiger partial charge >= 0.3 is 29.8 Å². The first-order valence-corrected chi connectivity index (χ1v) is 21.7. The molecule has 6 unspecified atom stereocenters. The van der Waals surface area contributed by atoms with Crippen molar-refractivity contribution in [2.75, 3.05) is 73.9 Å². The molecule has 0 aromatic heterocycles. The van der Waals surface area contributed by atoms with Crippen molar-refractivity contribution in [3.8, 4) is 0 Å². The number of phosphoric ester groups is 1. The SMILES string of the molecule is CCC(CC(CC(C)c1ccc(S(=O)(=O)[O-])cc1)OOCCO)C(=O)OCC1COC(=O)CCC(=O)OCC(COP(=O)([O-])OCC[N+](C)(C)C)OC(=O)CCC(=O)O1. The van der Waals surface area contributed by atoms with Gasteiger partial charge in [-0.1, -0.05) is 26.0 Å². The van der Waals surface area contributed by atoms with E-state index in [2.05, 4.69) is 0 Å². The monoisotopic (exact) mass is 884 g/mol. The molecule has 0 bridgehead atoms. The number of nitrogens with zero attached hydrogens (tertiary/aromatic N) is 1. The van der Waals surface area contributed by atoms with Gasteiger partial charge in [0, 0.05) is 0 Å². The standard InChI is InChI=1S/C36H56NO20PS/c1-6-26(20-28(57-52-18-16-38)19-25(2)27-7-9-31(10-8-27)59(46,47)48)36(43)51-23-29-21-49-32(39)11-12-33(40)50-22-30(56-35(42)14-13-34(41)55-29)24-54-58(44,45)53-17-15-37(3,4)5/h7-10,25-26,28-30,38H,6,11-24H2,1-5H3,(H-,44,45,46,47,48)/p-1. The van der Waals surface area contributed by atoms with Gasteiger partial charge in [0.1, 0.15) is 49.7 Å². The quantitative estimate of drug-likeness (QED) is 0.0264. The summed E-state index contributed by atoms with van der Waals surface area (Å²) in [4.78, 5) is 85.9. The summed E-state index contributed by atoms with van der Waals surface area (Å²) in [6, 6.07) is 5.34. The lowest BCUT2D eigenvalue weighted by molar-refractivity contribution is -0.870. The fraction of sp³-hybridized carbons (Fsp3) is 0.694. The summed E-state index contributed by atoms with van der Waals surface area (Å²) < 4.78 is 82.5. The van der Waals surface area contributed by atoms with Crippen LogP contribution in [0, 0.1) is 5.92 Å². The molecule has 336 valence electrons. The average molecular weight is 885 g/mol. The van der Waals surface area contributed by atoms with Crippen molar-refractivity contribution >= 4 is 47.8 Å². The van der Waals surface area contributed by atoms with E-state index in [0.717, 1.165) is 0 Å². The number of hydrogen-bond donors (Lipinski definition) is 1. The van der Waals surface area contributed by atoms with Crippen LogP contribution in [0.1, 0.15) is 70.3 Å². The number of esters is 5. The fourth-order valence-corrected chi connectivity index (χ4v) is 6.37. The van der Waals surface area contributed by atoms with E-state index < -0.39 is 129 Å². The number of benzene rings is 1. The van der Waals surface area contributed by atoms with E-state index in [1.807, 2.05) is 28.1 Å². The summed E-state index contributed by atoms with van der Waals surface area (Å²) >= 11 is 0. The third-order valence-corrected chi connectivity index (χ3v) is 10.3. The van der Waals surface area contributed by atoms with Gasteiger partial charge in [-0.05, 0) is 42.9 Å². The van der Waals surface area contributed by atoms with Crippen LogP contribution in [0.4, 0.5) is 0 Å². The molecule has 59 heavy (non-hydrogen) atoms. The van der Waals surface area contributed by atoms with Crippen molar-refractivity contribution in [1.29, 1.82) is 0 Å². The molecule has 0 amide bonds. The van der Waals surface area contributed by atoms with Crippen molar-refractivity contribution in [2.45, 2.75) is 87.9 Å². The van der Waals surface area contributed by atoms with E-state index >= 15 is 0 Å². The molecule has 21 nitrogen and oxygen atoms in total. The maximum atomic E-state index is 13.3. The number of aliphatic hydroxyl groups excluding tert-OH is 1. The molecular formula is C36H55NO20PS-. The molecule has 1 aliphatic rings. The van der Waals surface area contributed by atoms with Crippen LogP contribution >= 0.6 is 7.82 Å². The van der Waals surface area contributed by atoms with Crippen LogP contribution in [0.3, 0.4) is 0 Å². The molecule has 1 aromatic carbocycles. The molecule has 1 N–H and O–H groups in total. The second kappa shape index (κ2) is 25.3. The Morgan fingerprint density at radius 3 is 1.93 bits per heavy atom. The van der Waals surface area contributed by atoms with Crippen LogP contribution in [0.25, 0.3) is 0 Å². The van der Waals surface area contributed by atoms with Gasteiger partial charge < -0.3 is 51.8 Å². The first kappa shape index (κ1) is 51.6. The molecule has 2 rings (SSSR count). The van der Waals surface area contributed by atoms with Crippen LogP contribution in [-0.2, 0) is 81.2 Å². The highest BCUT2D eigenvalue weighted by molar-refractivity contribution is 7.85. The molecule has 0 spiro atoms. The Hall–Kier alpha value is -3.57. The van der Waals surface area contributed by atoms with Gasteiger partial charge in [0.05, 0.1) is 77.0 Å². The van der Waals surface area contributed by atoms with Gasteiger partial charge in [-0.15, -0.1) is 0 Å². The smallest absolute Gasteiger partial charge is 0.309 e. The summed E-state index contributed by atoms with van der Waals surface area (Å²) in [5.41, 5.74) is 0.669. The van der Waals surface area contributed by atoms with E-state index in [1.165, 1.54) is 24.3 Å². The predicted molar refractivity (Wildman–Crippen MR) is 197 cm³/mol. The third kappa shape index (κ3) is 22.0. The van der Waals surface area contributed by atoms with E-state index in [9.17, 15) is 46.4 Å². The van der Waals surface area contributed by atoms with Crippen LogP contribution in [0.5, 0.6) is 0 Å². The summed E-state index contributed by atoms with van der Waals surface area (Å²) in [6.07, 6.45) is -5.04. The summed E-state index contributed by atoms with van der Waals surface area (Å²) in [5.74, 6) is -5.57. The Morgan fingerprint density at radius 1 is 0.881 bits per heavy atom. The Kier molecular flexibility index (Phi) is 22.1. The Labute approximate surface area is 343 Å². The highest BCUT2D eigenvalue weighted by Gasteiger charge is 2.29. The van der Waals surface area contributed by atoms with Gasteiger partial charge in [0.2, 0.25) is 0 Å². The maximum Gasteiger partial charge on any atom is 0.309 e. The number of carbonyl (C=O) groups is 5. The van der Waals surface area contributed by atoms with Crippen LogP contribution in [0.2, 0.25) is 0 Å². The minimum absolute atomic E-state index is 0.0533. The first-order valence-electron chi connectivity index (χ1n) is 18.8. The topological polar surface area (TPSA) is 286 Å². The van der Waals surface area contributed by atoms with Gasteiger partial charge in [-0.25, -0.2) is 18.2 Å². The molecule has 23 heteroatoms. The Balaban J connectivity index is 2.07. The van der Waals surface area contributed by atoms with Crippen LogP contribution in [0.15, 0.2) is 29.2 Å². The van der Waals surface area contributed by atoms with Crippen molar-refractivity contribution in [1.82, 2.24) is 0 Å². The van der Waals surface area contributed by atoms with Gasteiger partial charge in [-0.3, -0.25) is 28.5 Å². The lowest BCUT2D eigenvalue weighted by atomic mass is 9.90. The largest absolute Gasteiger partial charge is 0.756 e. The second-order valence-electron chi connectivity index (χ2n) is 14.6. The maximum absolute atomic E-state index is 13.3. The predicted octanol–water partition coefficient (Wildman–Crippen LogP) is 1.04. The van der Waals surface area contributed by atoms with E-state index in [1.54, 1.807) is 6.92 Å². The van der Waals surface area contributed by atoms with Gasteiger partial charge in [-0.2, -0.15) is 0 Å². The molecule has 0 saturated carbocycles. The van der Waals surface area contributed by atoms with Crippen LogP contribution < -0.4 is 4.89 Å². The van der Waals surface area contributed by atoms with Crippen LogP contribution in [-0.4, -0.2) is 145 Å². The molecule has 1 aromatic rings. The summed E-state index contributed by atoms with van der Waals surface area (Å²) in [5, 5.41) is 9.15. The normalized spacial score (nSPS) is 20.5. The zero-order valence-corrected chi connectivity index (χ0v) is 35.5. The highest BCUT2D eigenvalue weighted by atomic mass is 32.2. The van der Waals surface area contributed by atoms with E-state index in [-0.39, 0.29) is 45.0 Å². The minimum atomic E-state index is -4.85. The summed E-state index contributed by atoms with van der Waals surface area (Å²) in [7, 11) is -4.04. The molecule has 1 saturated heterocycles. The number of hydrogen-bond acceptors (Lipinski definition) is 20. The lowest BCUT2D eigenvalue weighted by Gasteiger charge is -2.28. The number of cyclic esters (lactones) is 4. The van der Waals surface area contributed by atoms with Crippen molar-refractivity contribution < 1.29 is 98.5 Å². The Bertz CT molecular complexity index is 1670. The minimum Gasteiger partial charge on any atom is -0.756 e. The average Bonchev–Trinajstić information content (AvgIpc) is 3.15. The number of likely N-dealkylation sites (N-methyl/N-ethyl adjacent to an activating group) is 1. The van der Waals surface area contributed by atoms with Gasteiger partial charge in [0.25, 0.3) is 7.82 Å². The molecule has 0 radical (unpaired) electrons. The molecular weight excluding hydrogens is 829 g/mol. The molecule has 0 aliphatic carbocycles. The highest BCUT2D eigenvalue weighted by Crippen LogP contribution is 2.38. The van der Waals surface area contributed by atoms with E-state index in [0.29, 0.717) is 16.6 Å². The fourth-order valence-electron chi connectivity index (χ4n) is 5.17. The van der Waals surface area contributed by atoms with Crippen molar-refractivity contribution in [3.05, 3.63) is 29.8 Å². The second-order valence-corrected chi connectivity index (χ2v) is 17.4. The number of ether oxygens (including phenoxy) is 5. The number of quaternary nitrogens is 1. The first-order chi connectivity index (χ1) is 27.6. The number of carbonyl (C=O) groups excluding carboxylic acids is 5. The molecule has 1 fully saturated rings. The molecule has 1 aliphatic heterocycles. The van der Waals surface area contributed by atoms with Crippen molar-refractivity contribution in [2.24, 2.45) is 5.92 Å². The zero-order valence-electron chi connectivity index (χ0n) is 33.8. The Morgan fingerprint density at radius 2 is 1.42 bits per heavy atom.